The first kappa shape index (κ1) is 11.9. The van der Waals surface area contributed by atoms with Crippen molar-refractivity contribution in [1.29, 1.82) is 0 Å². The molecule has 1 heterocycles. The number of thioether (sulfide) groups is 1. The van der Waals surface area contributed by atoms with E-state index in [-0.39, 0.29) is 0 Å². The molecule has 2 rings (SSSR count). The summed E-state index contributed by atoms with van der Waals surface area (Å²) in [6.07, 6.45) is 0. The van der Waals surface area contributed by atoms with Gasteiger partial charge in [0.1, 0.15) is 10.8 Å². The Morgan fingerprint density at radius 1 is 1.06 bits per heavy atom. The molecule has 0 unspecified atom stereocenters. The van der Waals surface area contributed by atoms with E-state index in [0.717, 1.165) is 10.8 Å². The Bertz CT molecular complexity index is 488. The van der Waals surface area contributed by atoms with E-state index in [9.17, 15) is 0 Å². The van der Waals surface area contributed by atoms with Crippen molar-refractivity contribution in [2.75, 3.05) is 5.73 Å². The summed E-state index contributed by atoms with van der Waals surface area (Å²) in [6, 6.07) is 10.2. The van der Waals surface area contributed by atoms with Crippen LogP contribution >= 0.6 is 11.8 Å². The number of aryl methyl sites for hydroxylation is 2. The molecular weight excluding hydrogens is 230 g/mol. The van der Waals surface area contributed by atoms with Gasteiger partial charge in [0.2, 0.25) is 0 Å². The van der Waals surface area contributed by atoms with Crippen LogP contribution in [0.3, 0.4) is 0 Å². The molecule has 0 saturated heterocycles. The van der Waals surface area contributed by atoms with Crippen molar-refractivity contribution in [1.82, 2.24) is 10.2 Å². The van der Waals surface area contributed by atoms with Gasteiger partial charge in [-0.05, 0) is 31.5 Å². The van der Waals surface area contributed by atoms with Crippen LogP contribution in [0.15, 0.2) is 35.4 Å². The minimum atomic E-state index is 0.459. The number of nitrogens with zero attached hydrogens (tertiary/aromatic N) is 2. The molecule has 88 valence electrons. The number of aromatic nitrogens is 2. The van der Waals surface area contributed by atoms with Gasteiger partial charge in [-0.15, -0.1) is 10.2 Å². The van der Waals surface area contributed by atoms with E-state index < -0.39 is 0 Å². The Hall–Kier alpha value is -1.55. The Kier molecular flexibility index (Phi) is 3.64. The topological polar surface area (TPSA) is 51.8 Å². The van der Waals surface area contributed by atoms with E-state index in [1.807, 2.05) is 6.07 Å². The third kappa shape index (κ3) is 3.46. The second kappa shape index (κ2) is 5.19. The molecule has 17 heavy (non-hydrogen) atoms. The Balaban J connectivity index is 2.04. The van der Waals surface area contributed by atoms with Gasteiger partial charge in [0.15, 0.2) is 0 Å². The van der Waals surface area contributed by atoms with E-state index in [0.29, 0.717) is 5.82 Å². The van der Waals surface area contributed by atoms with Gasteiger partial charge < -0.3 is 5.73 Å². The van der Waals surface area contributed by atoms with Gasteiger partial charge in [0, 0.05) is 5.75 Å². The lowest BCUT2D eigenvalue weighted by atomic mass is 10.1. The first-order valence-corrected chi connectivity index (χ1v) is 6.41. The van der Waals surface area contributed by atoms with Crippen molar-refractivity contribution in [3.63, 3.8) is 0 Å². The highest BCUT2D eigenvalue weighted by Gasteiger charge is 2.00. The van der Waals surface area contributed by atoms with Crippen molar-refractivity contribution in [2.24, 2.45) is 0 Å². The summed E-state index contributed by atoms with van der Waals surface area (Å²) in [5, 5.41) is 8.76. The molecule has 0 aliphatic rings. The van der Waals surface area contributed by atoms with Crippen molar-refractivity contribution < 1.29 is 0 Å². The van der Waals surface area contributed by atoms with Crippen LogP contribution in [0, 0.1) is 13.8 Å². The molecule has 0 spiro atoms. The van der Waals surface area contributed by atoms with Gasteiger partial charge in [0.05, 0.1) is 0 Å². The highest BCUT2D eigenvalue weighted by atomic mass is 32.2. The van der Waals surface area contributed by atoms with Gasteiger partial charge in [-0.2, -0.15) is 0 Å². The molecule has 4 heteroatoms. The molecule has 0 aliphatic heterocycles. The quantitative estimate of drug-likeness (QED) is 0.845. The minimum absolute atomic E-state index is 0.459. The highest BCUT2D eigenvalue weighted by molar-refractivity contribution is 7.98. The maximum Gasteiger partial charge on any atom is 0.146 e. The molecule has 0 aliphatic carbocycles. The van der Waals surface area contributed by atoms with Crippen molar-refractivity contribution in [2.45, 2.75) is 24.6 Å². The normalized spacial score (nSPS) is 10.5. The molecule has 0 fully saturated rings. The number of anilines is 1. The molecule has 0 bridgehead atoms. The molecule has 2 N–H and O–H groups in total. The molecule has 0 radical (unpaired) electrons. The number of benzene rings is 1. The SMILES string of the molecule is Cc1cc(C)cc(CSc2ccc(N)nn2)c1. The molecule has 2 aromatic rings. The summed E-state index contributed by atoms with van der Waals surface area (Å²) < 4.78 is 0. The predicted octanol–water partition coefficient (Wildman–Crippen LogP) is 2.97. The van der Waals surface area contributed by atoms with Crippen LogP contribution in [0.5, 0.6) is 0 Å². The van der Waals surface area contributed by atoms with Crippen molar-refractivity contribution in [3.8, 4) is 0 Å². The minimum Gasteiger partial charge on any atom is -0.382 e. The summed E-state index contributed by atoms with van der Waals surface area (Å²) in [5.74, 6) is 1.36. The largest absolute Gasteiger partial charge is 0.382 e. The smallest absolute Gasteiger partial charge is 0.146 e. The fourth-order valence-electron chi connectivity index (χ4n) is 1.72. The van der Waals surface area contributed by atoms with Crippen LogP contribution in [-0.2, 0) is 5.75 Å². The Morgan fingerprint density at radius 3 is 2.35 bits per heavy atom. The third-order valence-electron chi connectivity index (χ3n) is 2.33. The van der Waals surface area contributed by atoms with E-state index in [1.165, 1.54) is 16.7 Å². The molecule has 3 nitrogen and oxygen atoms in total. The van der Waals surface area contributed by atoms with Gasteiger partial charge in [0.25, 0.3) is 0 Å². The van der Waals surface area contributed by atoms with E-state index in [1.54, 1.807) is 17.8 Å². The Morgan fingerprint density at radius 2 is 1.76 bits per heavy atom. The second-order valence-electron chi connectivity index (χ2n) is 4.08. The number of hydrogen-bond donors (Lipinski definition) is 1. The maximum absolute atomic E-state index is 5.49. The van der Waals surface area contributed by atoms with Crippen LogP contribution in [0.25, 0.3) is 0 Å². The molecule has 0 amide bonds. The lowest BCUT2D eigenvalue weighted by Gasteiger charge is -2.04. The molecule has 0 saturated carbocycles. The van der Waals surface area contributed by atoms with Gasteiger partial charge in [-0.3, -0.25) is 0 Å². The highest BCUT2D eigenvalue weighted by Crippen LogP contribution is 2.21. The van der Waals surface area contributed by atoms with Crippen LogP contribution < -0.4 is 5.73 Å². The average molecular weight is 245 g/mol. The second-order valence-corrected chi connectivity index (χ2v) is 5.08. The standard InChI is InChI=1S/C13H15N3S/c1-9-5-10(2)7-11(6-9)8-17-13-4-3-12(14)15-16-13/h3-7H,8H2,1-2H3,(H2,14,15). The summed E-state index contributed by atoms with van der Waals surface area (Å²) in [5.41, 5.74) is 9.39. The summed E-state index contributed by atoms with van der Waals surface area (Å²) in [7, 11) is 0. The van der Waals surface area contributed by atoms with E-state index in [4.69, 9.17) is 5.73 Å². The fraction of sp³-hybridized carbons (Fsp3) is 0.231. The zero-order chi connectivity index (χ0) is 12.3. The number of nitrogen functional groups attached to an aromatic ring is 1. The number of hydrogen-bond acceptors (Lipinski definition) is 4. The van der Waals surface area contributed by atoms with E-state index >= 15 is 0 Å². The molecule has 0 atom stereocenters. The zero-order valence-corrected chi connectivity index (χ0v) is 10.8. The maximum atomic E-state index is 5.49. The van der Waals surface area contributed by atoms with Crippen molar-refractivity contribution in [3.05, 3.63) is 47.0 Å². The molecule has 1 aromatic carbocycles. The predicted molar refractivity (Wildman–Crippen MR) is 71.9 cm³/mol. The van der Waals surface area contributed by atoms with Crippen LogP contribution in [0.1, 0.15) is 16.7 Å². The van der Waals surface area contributed by atoms with E-state index in [2.05, 4.69) is 42.2 Å². The average Bonchev–Trinajstić information content (AvgIpc) is 2.27. The monoisotopic (exact) mass is 245 g/mol. The summed E-state index contributed by atoms with van der Waals surface area (Å²) >= 11 is 1.67. The molecular formula is C13H15N3S. The van der Waals surface area contributed by atoms with Crippen LogP contribution in [0.4, 0.5) is 5.82 Å². The van der Waals surface area contributed by atoms with Crippen LogP contribution in [0.2, 0.25) is 0 Å². The first-order valence-electron chi connectivity index (χ1n) is 5.42. The lowest BCUT2D eigenvalue weighted by Crippen LogP contribution is -1.93. The summed E-state index contributed by atoms with van der Waals surface area (Å²) in [6.45, 7) is 4.23. The third-order valence-corrected chi connectivity index (χ3v) is 3.32. The fourth-order valence-corrected chi connectivity index (χ4v) is 2.46. The Labute approximate surface area is 105 Å². The lowest BCUT2D eigenvalue weighted by molar-refractivity contribution is 0.938. The van der Waals surface area contributed by atoms with Crippen LogP contribution in [-0.4, -0.2) is 10.2 Å². The van der Waals surface area contributed by atoms with Gasteiger partial charge in [-0.25, -0.2) is 0 Å². The molecule has 1 aromatic heterocycles. The van der Waals surface area contributed by atoms with Crippen molar-refractivity contribution >= 4 is 17.6 Å². The van der Waals surface area contributed by atoms with Gasteiger partial charge >= 0.3 is 0 Å². The number of rotatable bonds is 3. The first-order chi connectivity index (χ1) is 8.13. The zero-order valence-electron chi connectivity index (χ0n) is 9.97. The number of nitrogens with two attached hydrogens (primary N) is 1. The van der Waals surface area contributed by atoms with Gasteiger partial charge in [-0.1, -0.05) is 41.1 Å². The summed E-state index contributed by atoms with van der Waals surface area (Å²) in [4.78, 5) is 0.